The number of hydrogen-bond acceptors (Lipinski definition) is 8. The Bertz CT molecular complexity index is 712. The summed E-state index contributed by atoms with van der Waals surface area (Å²) >= 11 is 0. The lowest BCUT2D eigenvalue weighted by Gasteiger charge is -2.25. The Morgan fingerprint density at radius 3 is 1.72 bits per heavy atom. The van der Waals surface area contributed by atoms with E-state index in [2.05, 4.69) is 16.0 Å². The lowest BCUT2D eigenvalue weighted by Crippen LogP contribution is -2.57. The zero-order valence-corrected chi connectivity index (χ0v) is 17.7. The van der Waals surface area contributed by atoms with Gasteiger partial charge in [-0.1, -0.05) is 13.8 Å². The molecule has 14 heteroatoms. The molecule has 0 heterocycles. The molecule has 0 aromatic heterocycles. The highest BCUT2D eigenvalue weighted by Crippen LogP contribution is 2.08. The number of carboxylic acid groups (broad SMARTS) is 3. The van der Waals surface area contributed by atoms with Crippen molar-refractivity contribution in [2.24, 2.45) is 11.7 Å². The normalized spacial score (nSPS) is 14.5. The molecule has 0 aliphatic carbocycles. The van der Waals surface area contributed by atoms with E-state index < -0.39 is 79.2 Å². The Kier molecular flexibility index (Phi) is 12.5. The summed E-state index contributed by atoms with van der Waals surface area (Å²) in [5, 5.41) is 42.2. The third-order valence-electron chi connectivity index (χ3n) is 4.15. The molecule has 3 amide bonds. The van der Waals surface area contributed by atoms with Gasteiger partial charge in [-0.2, -0.15) is 0 Å². The van der Waals surface area contributed by atoms with Crippen LogP contribution in [0.25, 0.3) is 0 Å². The summed E-state index contributed by atoms with van der Waals surface area (Å²) in [7, 11) is 0. The Balaban J connectivity index is 5.49. The van der Waals surface area contributed by atoms with Gasteiger partial charge in [0.05, 0.1) is 19.1 Å². The average Bonchev–Trinajstić information content (AvgIpc) is 2.66. The van der Waals surface area contributed by atoms with Crippen molar-refractivity contribution < 1.29 is 49.2 Å². The highest BCUT2D eigenvalue weighted by molar-refractivity contribution is 5.94. The first-order valence-corrected chi connectivity index (χ1v) is 9.72. The average molecular weight is 462 g/mol. The van der Waals surface area contributed by atoms with E-state index in [1.807, 2.05) is 0 Å². The van der Waals surface area contributed by atoms with Gasteiger partial charge in [0, 0.05) is 6.42 Å². The second-order valence-corrected chi connectivity index (χ2v) is 7.47. The van der Waals surface area contributed by atoms with Gasteiger partial charge < -0.3 is 42.1 Å². The van der Waals surface area contributed by atoms with Crippen molar-refractivity contribution in [3.05, 3.63) is 0 Å². The molecule has 0 aliphatic rings. The fourth-order valence-electron chi connectivity index (χ4n) is 2.53. The number of hydrogen-bond donors (Lipinski definition) is 8. The molecule has 4 atom stereocenters. The number of rotatable bonds is 15. The fraction of sp³-hybridized carbons (Fsp3) is 0.667. The number of carboxylic acids is 3. The van der Waals surface area contributed by atoms with Gasteiger partial charge in [0.1, 0.15) is 18.1 Å². The summed E-state index contributed by atoms with van der Waals surface area (Å²) in [4.78, 5) is 69.9. The van der Waals surface area contributed by atoms with Crippen molar-refractivity contribution in [1.29, 1.82) is 0 Å². The molecule has 0 saturated carbocycles. The number of amides is 3. The number of carbonyl (C=O) groups is 6. The lowest BCUT2D eigenvalue weighted by molar-refractivity contribution is -0.143. The Hall–Kier alpha value is -3.26. The monoisotopic (exact) mass is 462 g/mol. The number of aliphatic carboxylic acids is 3. The summed E-state index contributed by atoms with van der Waals surface area (Å²) < 4.78 is 0. The molecule has 0 aliphatic heterocycles. The largest absolute Gasteiger partial charge is 0.481 e. The van der Waals surface area contributed by atoms with Crippen LogP contribution in [0.1, 0.15) is 39.5 Å². The van der Waals surface area contributed by atoms with E-state index in [0.717, 1.165) is 0 Å². The van der Waals surface area contributed by atoms with Gasteiger partial charge in [-0.05, 0) is 18.8 Å². The van der Waals surface area contributed by atoms with Gasteiger partial charge in [-0.3, -0.25) is 24.0 Å². The van der Waals surface area contributed by atoms with Crippen molar-refractivity contribution >= 4 is 35.6 Å². The first kappa shape index (κ1) is 28.7. The fourth-order valence-corrected chi connectivity index (χ4v) is 2.53. The molecule has 14 nitrogen and oxygen atoms in total. The van der Waals surface area contributed by atoms with E-state index in [9.17, 15) is 28.8 Å². The van der Waals surface area contributed by atoms with Crippen LogP contribution in [0.3, 0.4) is 0 Å². The second kappa shape index (κ2) is 13.9. The summed E-state index contributed by atoms with van der Waals surface area (Å²) in [6, 6.07) is -5.81. The van der Waals surface area contributed by atoms with E-state index in [-0.39, 0.29) is 18.8 Å². The van der Waals surface area contributed by atoms with Gasteiger partial charge in [-0.15, -0.1) is 0 Å². The molecule has 4 unspecified atom stereocenters. The Labute approximate surface area is 183 Å². The number of aliphatic hydroxyl groups excluding tert-OH is 1. The Morgan fingerprint density at radius 1 is 0.781 bits per heavy atom. The zero-order valence-electron chi connectivity index (χ0n) is 17.7. The quantitative estimate of drug-likeness (QED) is 0.124. The minimum atomic E-state index is -1.61. The first-order chi connectivity index (χ1) is 14.8. The van der Waals surface area contributed by atoms with E-state index in [0.29, 0.717) is 0 Å². The molecule has 0 aromatic carbocycles. The van der Waals surface area contributed by atoms with Crippen LogP contribution >= 0.6 is 0 Å². The van der Waals surface area contributed by atoms with Crippen molar-refractivity contribution in [2.45, 2.75) is 63.7 Å². The SMILES string of the molecule is CC(C)CC(NC(=O)C(CCC(=O)O)NC(=O)C(N)CC(=O)O)C(=O)NC(CO)C(=O)O. The maximum Gasteiger partial charge on any atom is 0.328 e. The van der Waals surface area contributed by atoms with Crippen molar-refractivity contribution in [1.82, 2.24) is 16.0 Å². The second-order valence-electron chi connectivity index (χ2n) is 7.47. The predicted octanol–water partition coefficient (Wildman–Crippen LogP) is -2.77. The van der Waals surface area contributed by atoms with E-state index >= 15 is 0 Å². The van der Waals surface area contributed by atoms with Crippen LogP contribution in [0.5, 0.6) is 0 Å². The third-order valence-corrected chi connectivity index (χ3v) is 4.15. The van der Waals surface area contributed by atoms with Crippen LogP contribution in [0, 0.1) is 5.92 Å². The summed E-state index contributed by atoms with van der Waals surface area (Å²) in [5.74, 6) is -7.11. The topological polar surface area (TPSA) is 245 Å². The molecule has 182 valence electrons. The molecule has 0 spiro atoms. The molecule has 0 saturated heterocycles. The summed E-state index contributed by atoms with van der Waals surface area (Å²) in [6.07, 6.45) is -1.57. The molecule has 0 fully saturated rings. The van der Waals surface area contributed by atoms with Gasteiger partial charge in [-0.25, -0.2) is 4.79 Å². The lowest BCUT2D eigenvalue weighted by atomic mass is 10.0. The predicted molar refractivity (Wildman–Crippen MR) is 107 cm³/mol. The maximum absolute atomic E-state index is 12.7. The number of nitrogens with two attached hydrogens (primary N) is 1. The Morgan fingerprint density at radius 2 is 1.28 bits per heavy atom. The van der Waals surface area contributed by atoms with E-state index in [1.54, 1.807) is 13.8 Å². The van der Waals surface area contributed by atoms with E-state index in [1.165, 1.54) is 0 Å². The van der Waals surface area contributed by atoms with Crippen LogP contribution in [0.2, 0.25) is 0 Å². The van der Waals surface area contributed by atoms with Crippen LogP contribution in [0.15, 0.2) is 0 Å². The minimum absolute atomic E-state index is 0.0630. The molecule has 0 rings (SSSR count). The highest BCUT2D eigenvalue weighted by Gasteiger charge is 2.31. The summed E-state index contributed by atoms with van der Waals surface area (Å²) in [6.45, 7) is 2.56. The number of carbonyl (C=O) groups excluding carboxylic acids is 3. The first-order valence-electron chi connectivity index (χ1n) is 9.72. The zero-order chi connectivity index (χ0) is 25.0. The van der Waals surface area contributed by atoms with Crippen molar-refractivity contribution in [2.75, 3.05) is 6.61 Å². The third kappa shape index (κ3) is 11.2. The number of nitrogens with one attached hydrogen (secondary N) is 3. The maximum atomic E-state index is 12.7. The standard InChI is InChI=1S/C18H30N4O10/c1-8(2)5-11(17(30)22-12(7-23)18(31)32)21-16(29)10(3-4-13(24)25)20-15(28)9(19)6-14(26)27/h8-12,23H,3-7,19H2,1-2H3,(H,20,28)(H,21,29)(H,22,30)(H,24,25)(H,26,27)(H,31,32). The van der Waals surface area contributed by atoms with Crippen molar-refractivity contribution in [3.63, 3.8) is 0 Å². The highest BCUT2D eigenvalue weighted by atomic mass is 16.4. The molecule has 32 heavy (non-hydrogen) atoms. The molecule has 0 radical (unpaired) electrons. The van der Waals surface area contributed by atoms with Gasteiger partial charge in [0.15, 0.2) is 0 Å². The van der Waals surface area contributed by atoms with Crippen LogP contribution in [0.4, 0.5) is 0 Å². The van der Waals surface area contributed by atoms with Gasteiger partial charge in [0.25, 0.3) is 0 Å². The van der Waals surface area contributed by atoms with Crippen LogP contribution in [-0.4, -0.2) is 86.8 Å². The molecule has 9 N–H and O–H groups in total. The smallest absolute Gasteiger partial charge is 0.328 e. The summed E-state index contributed by atoms with van der Waals surface area (Å²) in [5.41, 5.74) is 5.45. The molecular formula is C18H30N4O10. The van der Waals surface area contributed by atoms with Crippen LogP contribution in [-0.2, 0) is 28.8 Å². The van der Waals surface area contributed by atoms with Gasteiger partial charge in [0.2, 0.25) is 17.7 Å². The molecule has 0 aromatic rings. The number of aliphatic hydroxyl groups is 1. The van der Waals surface area contributed by atoms with Crippen LogP contribution < -0.4 is 21.7 Å². The van der Waals surface area contributed by atoms with E-state index in [4.69, 9.17) is 26.2 Å². The van der Waals surface area contributed by atoms with Gasteiger partial charge >= 0.3 is 17.9 Å². The minimum Gasteiger partial charge on any atom is -0.481 e. The molecular weight excluding hydrogens is 432 g/mol. The van der Waals surface area contributed by atoms with Crippen molar-refractivity contribution in [3.8, 4) is 0 Å². The molecule has 0 bridgehead atoms.